The molecule has 108 valence electrons. The molecular formula is C17H18N2O2. The Morgan fingerprint density at radius 1 is 1.19 bits per heavy atom. The third-order valence-corrected chi connectivity index (χ3v) is 4.21. The average Bonchev–Trinajstić information content (AvgIpc) is 2.88. The molecule has 1 aliphatic rings. The molecule has 2 aromatic rings. The summed E-state index contributed by atoms with van der Waals surface area (Å²) >= 11 is 0. The third kappa shape index (κ3) is 2.07. The molecule has 0 unspecified atom stereocenters. The minimum Gasteiger partial charge on any atom is -0.315 e. The summed E-state index contributed by atoms with van der Waals surface area (Å²) in [5, 5.41) is 0. The Balaban J connectivity index is 2.10. The van der Waals surface area contributed by atoms with E-state index in [4.69, 9.17) is 0 Å². The van der Waals surface area contributed by atoms with Gasteiger partial charge in [0.05, 0.1) is 0 Å². The summed E-state index contributed by atoms with van der Waals surface area (Å²) < 4.78 is 1.53. The quantitative estimate of drug-likeness (QED) is 0.804. The van der Waals surface area contributed by atoms with Crippen molar-refractivity contribution in [1.29, 1.82) is 0 Å². The Kier molecular flexibility index (Phi) is 3.16. The van der Waals surface area contributed by atoms with E-state index >= 15 is 0 Å². The van der Waals surface area contributed by atoms with E-state index in [1.807, 2.05) is 44.2 Å². The molecule has 2 heterocycles. The molecule has 0 bridgehead atoms. The summed E-state index contributed by atoms with van der Waals surface area (Å²) in [6.45, 7) is 4.33. The number of hydrogen-bond acceptors (Lipinski definition) is 2. The average molecular weight is 282 g/mol. The molecule has 0 N–H and O–H groups in total. The van der Waals surface area contributed by atoms with Crippen molar-refractivity contribution < 1.29 is 4.79 Å². The second-order valence-electron chi connectivity index (χ2n) is 5.54. The molecular weight excluding hydrogens is 264 g/mol. The lowest BCUT2D eigenvalue weighted by atomic mass is 10.1. The van der Waals surface area contributed by atoms with E-state index in [0.29, 0.717) is 6.54 Å². The fourth-order valence-corrected chi connectivity index (χ4v) is 2.92. The standard InChI is InChI=1S/C17H18N2O2/c1-11-10-12(2)18(3)16(20)15(11)17(21)19-9-8-13-6-4-5-7-14(13)19/h4-7,10H,8-9H2,1-3H3. The van der Waals surface area contributed by atoms with Gasteiger partial charge in [0.25, 0.3) is 11.5 Å². The topological polar surface area (TPSA) is 42.3 Å². The van der Waals surface area contributed by atoms with Crippen molar-refractivity contribution in [3.8, 4) is 0 Å². The Morgan fingerprint density at radius 2 is 1.90 bits per heavy atom. The van der Waals surface area contributed by atoms with Crippen LogP contribution in [0.3, 0.4) is 0 Å². The lowest BCUT2D eigenvalue weighted by Gasteiger charge is -2.19. The molecule has 3 rings (SSSR count). The van der Waals surface area contributed by atoms with Gasteiger partial charge in [-0.1, -0.05) is 18.2 Å². The van der Waals surface area contributed by atoms with E-state index in [2.05, 4.69) is 0 Å². The molecule has 0 spiro atoms. The van der Waals surface area contributed by atoms with Crippen molar-refractivity contribution in [2.75, 3.05) is 11.4 Å². The minimum atomic E-state index is -0.220. The van der Waals surface area contributed by atoms with Gasteiger partial charge < -0.3 is 9.47 Å². The van der Waals surface area contributed by atoms with Crippen molar-refractivity contribution in [3.63, 3.8) is 0 Å². The van der Waals surface area contributed by atoms with Crippen LogP contribution in [-0.2, 0) is 13.5 Å². The van der Waals surface area contributed by atoms with Crippen LogP contribution in [0.25, 0.3) is 0 Å². The predicted octanol–water partition coefficient (Wildman–Crippen LogP) is 2.21. The van der Waals surface area contributed by atoms with Crippen LogP contribution < -0.4 is 10.5 Å². The first kappa shape index (κ1) is 13.6. The molecule has 1 aromatic heterocycles. The lowest BCUT2D eigenvalue weighted by molar-refractivity contribution is 0.0987. The van der Waals surface area contributed by atoms with Crippen LogP contribution in [0.2, 0.25) is 0 Å². The maximum Gasteiger partial charge on any atom is 0.264 e. The van der Waals surface area contributed by atoms with E-state index in [1.165, 1.54) is 4.57 Å². The van der Waals surface area contributed by atoms with Crippen LogP contribution in [0.15, 0.2) is 35.1 Å². The number of fused-ring (bicyclic) bond motifs is 1. The molecule has 0 radical (unpaired) electrons. The Hall–Kier alpha value is -2.36. The van der Waals surface area contributed by atoms with Gasteiger partial charge in [0.15, 0.2) is 0 Å². The van der Waals surface area contributed by atoms with E-state index in [-0.39, 0.29) is 17.0 Å². The van der Waals surface area contributed by atoms with Crippen molar-refractivity contribution >= 4 is 11.6 Å². The van der Waals surface area contributed by atoms with Crippen molar-refractivity contribution in [1.82, 2.24) is 4.57 Å². The number of rotatable bonds is 1. The van der Waals surface area contributed by atoms with Crippen LogP contribution in [0.4, 0.5) is 5.69 Å². The summed E-state index contributed by atoms with van der Waals surface area (Å²) in [7, 11) is 1.70. The highest BCUT2D eigenvalue weighted by Crippen LogP contribution is 2.28. The number of carbonyl (C=O) groups is 1. The third-order valence-electron chi connectivity index (χ3n) is 4.21. The van der Waals surface area contributed by atoms with Gasteiger partial charge in [0.2, 0.25) is 0 Å². The summed E-state index contributed by atoms with van der Waals surface area (Å²) in [4.78, 5) is 27.0. The zero-order valence-electron chi connectivity index (χ0n) is 12.5. The molecule has 0 saturated carbocycles. The van der Waals surface area contributed by atoms with Gasteiger partial charge in [-0.25, -0.2) is 0 Å². The van der Waals surface area contributed by atoms with Gasteiger partial charge >= 0.3 is 0 Å². The molecule has 1 aliphatic heterocycles. The molecule has 0 saturated heterocycles. The van der Waals surface area contributed by atoms with Crippen LogP contribution in [0.5, 0.6) is 0 Å². The number of nitrogens with zero attached hydrogens (tertiary/aromatic N) is 2. The van der Waals surface area contributed by atoms with Crippen LogP contribution in [0.1, 0.15) is 27.2 Å². The number of para-hydroxylation sites is 1. The van der Waals surface area contributed by atoms with Gasteiger partial charge in [-0.05, 0) is 43.5 Å². The van der Waals surface area contributed by atoms with Gasteiger partial charge in [-0.2, -0.15) is 0 Å². The fraction of sp³-hybridized carbons (Fsp3) is 0.294. The summed E-state index contributed by atoms with van der Waals surface area (Å²) in [6, 6.07) is 9.75. The van der Waals surface area contributed by atoms with Crippen LogP contribution in [-0.4, -0.2) is 17.0 Å². The summed E-state index contributed by atoms with van der Waals surface area (Å²) in [5.41, 5.74) is 3.74. The minimum absolute atomic E-state index is 0.196. The summed E-state index contributed by atoms with van der Waals surface area (Å²) in [6.07, 6.45) is 0.840. The number of aromatic nitrogens is 1. The smallest absolute Gasteiger partial charge is 0.264 e. The SMILES string of the molecule is Cc1cc(C)n(C)c(=O)c1C(=O)N1CCc2ccccc21. The first-order valence-corrected chi connectivity index (χ1v) is 7.07. The Bertz CT molecular complexity index is 790. The highest BCUT2D eigenvalue weighted by atomic mass is 16.2. The van der Waals surface area contributed by atoms with Crippen molar-refractivity contribution in [2.45, 2.75) is 20.3 Å². The number of hydrogen-bond donors (Lipinski definition) is 0. The maximum absolute atomic E-state index is 12.8. The number of carbonyl (C=O) groups excluding carboxylic acids is 1. The van der Waals surface area contributed by atoms with E-state index in [1.54, 1.807) is 11.9 Å². The molecule has 4 heteroatoms. The van der Waals surface area contributed by atoms with Crippen molar-refractivity contribution in [2.24, 2.45) is 7.05 Å². The van der Waals surface area contributed by atoms with Gasteiger partial charge in [0.1, 0.15) is 5.56 Å². The first-order chi connectivity index (χ1) is 10.0. The Morgan fingerprint density at radius 3 is 2.67 bits per heavy atom. The number of aryl methyl sites for hydroxylation is 2. The zero-order valence-corrected chi connectivity index (χ0v) is 12.5. The van der Waals surface area contributed by atoms with Gasteiger partial charge in [-0.3, -0.25) is 9.59 Å². The Labute approximate surface area is 123 Å². The van der Waals surface area contributed by atoms with E-state index < -0.39 is 0 Å². The monoisotopic (exact) mass is 282 g/mol. The fourth-order valence-electron chi connectivity index (χ4n) is 2.92. The normalized spacial score (nSPS) is 13.4. The van der Waals surface area contributed by atoms with Gasteiger partial charge in [-0.15, -0.1) is 0 Å². The molecule has 1 amide bonds. The lowest BCUT2D eigenvalue weighted by Crippen LogP contribution is -2.36. The highest BCUT2D eigenvalue weighted by molar-refractivity contribution is 6.07. The van der Waals surface area contributed by atoms with E-state index in [9.17, 15) is 9.59 Å². The molecule has 0 fully saturated rings. The maximum atomic E-state index is 12.8. The highest BCUT2D eigenvalue weighted by Gasteiger charge is 2.28. The number of benzene rings is 1. The molecule has 21 heavy (non-hydrogen) atoms. The zero-order chi connectivity index (χ0) is 15.1. The number of pyridine rings is 1. The number of anilines is 1. The predicted molar refractivity (Wildman–Crippen MR) is 83.0 cm³/mol. The van der Waals surface area contributed by atoms with Crippen LogP contribution in [0, 0.1) is 13.8 Å². The van der Waals surface area contributed by atoms with E-state index in [0.717, 1.165) is 28.9 Å². The van der Waals surface area contributed by atoms with Crippen molar-refractivity contribution in [3.05, 3.63) is 63.1 Å². The molecule has 1 aromatic carbocycles. The van der Waals surface area contributed by atoms with Gasteiger partial charge in [0, 0.05) is 25.0 Å². The molecule has 4 nitrogen and oxygen atoms in total. The molecule has 0 atom stereocenters. The van der Waals surface area contributed by atoms with Crippen LogP contribution >= 0.6 is 0 Å². The first-order valence-electron chi connectivity index (χ1n) is 7.07. The largest absolute Gasteiger partial charge is 0.315 e. The number of amides is 1. The molecule has 0 aliphatic carbocycles. The second-order valence-corrected chi connectivity index (χ2v) is 5.54. The summed E-state index contributed by atoms with van der Waals surface area (Å²) in [5.74, 6) is -0.196. The second kappa shape index (κ2) is 4.88.